The van der Waals surface area contributed by atoms with Crippen LogP contribution in [0.25, 0.3) is 11.2 Å². The van der Waals surface area contributed by atoms with Gasteiger partial charge in [-0.15, -0.1) is 0 Å². The average Bonchev–Trinajstić information content (AvgIpc) is 3.38. The molecule has 0 fully saturated rings. The molecule has 0 aliphatic rings. The Bertz CT molecular complexity index is 1150. The summed E-state index contributed by atoms with van der Waals surface area (Å²) in [7, 11) is 3.25. The van der Waals surface area contributed by atoms with E-state index in [2.05, 4.69) is 19.9 Å². The summed E-state index contributed by atoms with van der Waals surface area (Å²) in [5.74, 6) is 1.46. The quantitative estimate of drug-likeness (QED) is 0.496. The third-order valence-corrected chi connectivity index (χ3v) is 5.16. The lowest BCUT2D eigenvalue weighted by atomic mass is 10.3. The van der Waals surface area contributed by atoms with Gasteiger partial charge in [-0.1, -0.05) is 0 Å². The number of fused-ring (bicyclic) bond motifs is 1. The molecule has 3 aromatic heterocycles. The molecule has 1 aromatic carbocycles. The zero-order valence-electron chi connectivity index (χ0n) is 15.4. The fraction of sp³-hybridized carbons (Fsp3) is 0.222. The van der Waals surface area contributed by atoms with E-state index in [-0.39, 0.29) is 5.49 Å². The Balaban J connectivity index is 1.67. The summed E-state index contributed by atoms with van der Waals surface area (Å²) < 4.78 is 14.7. The fourth-order valence-corrected chi connectivity index (χ4v) is 3.71. The van der Waals surface area contributed by atoms with Crippen LogP contribution in [0.5, 0.6) is 11.5 Å². The van der Waals surface area contributed by atoms with Gasteiger partial charge < -0.3 is 23.6 Å². The van der Waals surface area contributed by atoms with Gasteiger partial charge in [0.1, 0.15) is 17.0 Å². The molecule has 0 aliphatic heterocycles. The number of H-pyrrole nitrogens is 1. The van der Waals surface area contributed by atoms with Crippen molar-refractivity contribution in [2.45, 2.75) is 23.1 Å². The number of aryl methyl sites for hydroxylation is 2. The molecule has 28 heavy (non-hydrogen) atoms. The van der Waals surface area contributed by atoms with Crippen LogP contribution < -0.4 is 15.0 Å². The summed E-state index contributed by atoms with van der Waals surface area (Å²) in [6.07, 6.45) is 7.06. The number of ether oxygens (including phenoxy) is 2. The number of hydrogen-bond donors (Lipinski definition) is 2. The maximum atomic E-state index is 8.10. The van der Waals surface area contributed by atoms with E-state index in [0.717, 1.165) is 22.9 Å². The number of nitrogens with one attached hydrogen (secondary N) is 2. The van der Waals surface area contributed by atoms with Gasteiger partial charge in [-0.2, -0.15) is 0 Å². The average molecular weight is 397 g/mol. The predicted octanol–water partition coefficient (Wildman–Crippen LogP) is 2.30. The Morgan fingerprint density at radius 2 is 2.07 bits per heavy atom. The number of hydrogen-bond acceptors (Lipinski definition) is 7. The van der Waals surface area contributed by atoms with E-state index in [0.29, 0.717) is 22.9 Å². The van der Waals surface area contributed by atoms with Crippen molar-refractivity contribution in [1.29, 1.82) is 5.41 Å². The van der Waals surface area contributed by atoms with Gasteiger partial charge in [0.25, 0.3) is 0 Å². The molecule has 0 atom stereocenters. The number of imidazole rings is 2. The van der Waals surface area contributed by atoms with E-state index in [1.54, 1.807) is 33.1 Å². The monoisotopic (exact) mass is 397 g/mol. The number of methoxy groups -OCH3 is 2. The summed E-state index contributed by atoms with van der Waals surface area (Å²) in [4.78, 5) is 17.0. The van der Waals surface area contributed by atoms with Crippen molar-refractivity contribution in [3.8, 4) is 11.5 Å². The zero-order valence-corrected chi connectivity index (χ0v) is 16.2. The highest BCUT2D eigenvalue weighted by atomic mass is 32.2. The molecular weight excluding hydrogens is 378 g/mol. The molecule has 0 saturated heterocycles. The Morgan fingerprint density at radius 1 is 1.18 bits per heavy atom. The minimum atomic E-state index is 0.158. The molecule has 0 unspecified atom stereocenters. The summed E-state index contributed by atoms with van der Waals surface area (Å²) in [6.45, 7) is 1.40. The van der Waals surface area contributed by atoms with E-state index in [1.165, 1.54) is 11.8 Å². The van der Waals surface area contributed by atoms with Crippen molar-refractivity contribution in [1.82, 2.24) is 29.1 Å². The van der Waals surface area contributed by atoms with Gasteiger partial charge in [0.05, 0.1) is 31.8 Å². The number of benzene rings is 1. The summed E-state index contributed by atoms with van der Waals surface area (Å²) in [6, 6.07) is 5.59. The van der Waals surface area contributed by atoms with Crippen LogP contribution in [0.2, 0.25) is 0 Å². The minimum Gasteiger partial charge on any atom is -0.497 e. The molecule has 144 valence electrons. The Hall–Kier alpha value is -3.27. The SMILES string of the molecule is COc1ccc(OC)c(Sc2nc3c([nH]2)c(=N)ncn3CCn2ccnc2)c1. The van der Waals surface area contributed by atoms with E-state index in [4.69, 9.17) is 14.9 Å². The second-order valence-corrected chi connectivity index (χ2v) is 6.98. The molecule has 0 saturated carbocycles. The van der Waals surface area contributed by atoms with Crippen molar-refractivity contribution < 1.29 is 9.47 Å². The smallest absolute Gasteiger partial charge is 0.173 e. The second kappa shape index (κ2) is 7.77. The molecule has 4 rings (SSSR count). The van der Waals surface area contributed by atoms with Crippen LogP contribution in [0, 0.1) is 5.41 Å². The van der Waals surface area contributed by atoms with Crippen LogP contribution in [0.3, 0.4) is 0 Å². The number of aromatic amines is 1. The molecule has 0 bridgehead atoms. The standard InChI is InChI=1S/C18H19N7O2S/c1-26-12-3-4-13(27-2)14(9-12)28-18-22-15-16(19)21-11-25(17(15)23-18)8-7-24-6-5-20-10-24/h3-6,9-11,19H,7-8H2,1-2H3,(H,22,23). The van der Waals surface area contributed by atoms with Crippen LogP contribution in [-0.4, -0.2) is 43.3 Å². The molecule has 10 heteroatoms. The normalized spacial score (nSPS) is 11.1. The lowest BCUT2D eigenvalue weighted by Crippen LogP contribution is -2.14. The first-order valence-corrected chi connectivity index (χ1v) is 9.35. The highest BCUT2D eigenvalue weighted by molar-refractivity contribution is 7.99. The largest absolute Gasteiger partial charge is 0.497 e. The van der Waals surface area contributed by atoms with Gasteiger partial charge in [0.2, 0.25) is 0 Å². The van der Waals surface area contributed by atoms with Crippen molar-refractivity contribution >= 4 is 22.9 Å². The lowest BCUT2D eigenvalue weighted by molar-refractivity contribution is 0.394. The van der Waals surface area contributed by atoms with Crippen molar-refractivity contribution in [3.63, 3.8) is 0 Å². The third-order valence-electron chi connectivity index (χ3n) is 4.23. The molecule has 0 amide bonds. The molecule has 0 radical (unpaired) electrons. The molecule has 0 spiro atoms. The number of rotatable bonds is 7. The second-order valence-electron chi connectivity index (χ2n) is 5.95. The summed E-state index contributed by atoms with van der Waals surface area (Å²) in [5.41, 5.74) is 1.44. The molecular formula is C18H19N7O2S. The topological polar surface area (TPSA) is 107 Å². The first-order valence-electron chi connectivity index (χ1n) is 8.53. The third kappa shape index (κ3) is 3.58. The van der Waals surface area contributed by atoms with Gasteiger partial charge in [-0.3, -0.25) is 5.41 Å². The highest BCUT2D eigenvalue weighted by Gasteiger charge is 2.13. The van der Waals surface area contributed by atoms with Crippen molar-refractivity contribution in [2.24, 2.45) is 0 Å². The Kier molecular flexibility index (Phi) is 5.02. The van der Waals surface area contributed by atoms with E-state index in [1.807, 2.05) is 33.5 Å². The van der Waals surface area contributed by atoms with Gasteiger partial charge in [-0.25, -0.2) is 15.0 Å². The van der Waals surface area contributed by atoms with Crippen molar-refractivity contribution in [3.05, 3.63) is 48.7 Å². The lowest BCUT2D eigenvalue weighted by Gasteiger charge is -2.08. The van der Waals surface area contributed by atoms with Gasteiger partial charge >= 0.3 is 0 Å². The maximum Gasteiger partial charge on any atom is 0.173 e. The molecule has 2 N–H and O–H groups in total. The summed E-state index contributed by atoms with van der Waals surface area (Å²) in [5, 5.41) is 8.75. The Labute approximate surface area is 164 Å². The van der Waals surface area contributed by atoms with Crippen LogP contribution in [0.15, 0.2) is 53.3 Å². The van der Waals surface area contributed by atoms with Gasteiger partial charge in [0.15, 0.2) is 16.3 Å². The fourth-order valence-electron chi connectivity index (χ4n) is 2.78. The van der Waals surface area contributed by atoms with Crippen molar-refractivity contribution in [2.75, 3.05) is 14.2 Å². The molecule has 3 heterocycles. The minimum absolute atomic E-state index is 0.158. The van der Waals surface area contributed by atoms with Crippen LogP contribution >= 0.6 is 11.8 Å². The first-order chi connectivity index (χ1) is 13.7. The van der Waals surface area contributed by atoms with Crippen LogP contribution in [0.4, 0.5) is 0 Å². The molecule has 9 nitrogen and oxygen atoms in total. The first kappa shape index (κ1) is 18.1. The maximum absolute atomic E-state index is 8.10. The molecule has 0 aliphatic carbocycles. The zero-order chi connectivity index (χ0) is 19.5. The Morgan fingerprint density at radius 3 is 2.82 bits per heavy atom. The van der Waals surface area contributed by atoms with Crippen LogP contribution in [0.1, 0.15) is 0 Å². The molecule has 4 aromatic rings. The summed E-state index contributed by atoms with van der Waals surface area (Å²) >= 11 is 1.42. The predicted molar refractivity (Wildman–Crippen MR) is 104 cm³/mol. The number of nitrogens with zero attached hydrogens (tertiary/aromatic N) is 5. The van der Waals surface area contributed by atoms with E-state index >= 15 is 0 Å². The van der Waals surface area contributed by atoms with Gasteiger partial charge in [0, 0.05) is 25.5 Å². The van der Waals surface area contributed by atoms with E-state index < -0.39 is 0 Å². The van der Waals surface area contributed by atoms with Gasteiger partial charge in [-0.05, 0) is 30.0 Å². The van der Waals surface area contributed by atoms with E-state index in [9.17, 15) is 0 Å². The highest BCUT2D eigenvalue weighted by Crippen LogP contribution is 2.36. The number of aromatic nitrogens is 6. The van der Waals surface area contributed by atoms with Crippen LogP contribution in [-0.2, 0) is 13.1 Å².